The van der Waals surface area contributed by atoms with Gasteiger partial charge in [-0.25, -0.2) is 0 Å². The second-order valence-electron chi connectivity index (χ2n) is 8.62. The minimum atomic E-state index is 0.533. The van der Waals surface area contributed by atoms with Gasteiger partial charge in [0.05, 0.1) is 0 Å². The van der Waals surface area contributed by atoms with Crippen molar-refractivity contribution in [3.63, 3.8) is 0 Å². The minimum Gasteiger partial charge on any atom is -0.313 e. The van der Waals surface area contributed by atoms with Crippen LogP contribution in [0.25, 0.3) is 0 Å². The molecule has 3 fully saturated rings. The number of likely N-dealkylation sites (N-methyl/N-ethyl adjacent to an activating group) is 1. The SMILES string of the molecule is CN1CCN(CCCNC2CC3CCC2(C)C3(C)C)CC1. The Morgan fingerprint density at radius 3 is 2.38 bits per heavy atom. The third kappa shape index (κ3) is 2.77. The highest BCUT2D eigenvalue weighted by Gasteiger charge is 2.60. The molecule has 122 valence electrons. The van der Waals surface area contributed by atoms with E-state index in [0.717, 1.165) is 12.0 Å². The summed E-state index contributed by atoms with van der Waals surface area (Å²) in [4.78, 5) is 5.07. The van der Waals surface area contributed by atoms with Crippen molar-refractivity contribution in [2.24, 2.45) is 16.7 Å². The number of fused-ring (bicyclic) bond motifs is 2. The average Bonchev–Trinajstić information content (AvgIpc) is 2.78. The Hall–Kier alpha value is -0.120. The third-order valence-electron chi connectivity index (χ3n) is 7.43. The number of piperazine rings is 1. The van der Waals surface area contributed by atoms with Gasteiger partial charge in [-0.15, -0.1) is 0 Å². The van der Waals surface area contributed by atoms with Crippen LogP contribution in [0.15, 0.2) is 0 Å². The van der Waals surface area contributed by atoms with Crippen molar-refractivity contribution < 1.29 is 0 Å². The quantitative estimate of drug-likeness (QED) is 0.786. The first-order chi connectivity index (χ1) is 9.93. The van der Waals surface area contributed by atoms with Crippen LogP contribution >= 0.6 is 0 Å². The molecule has 0 amide bonds. The fraction of sp³-hybridized carbons (Fsp3) is 1.00. The molecule has 3 unspecified atom stereocenters. The molecule has 2 saturated carbocycles. The van der Waals surface area contributed by atoms with E-state index in [4.69, 9.17) is 0 Å². The molecule has 0 spiro atoms. The molecule has 0 radical (unpaired) electrons. The summed E-state index contributed by atoms with van der Waals surface area (Å²) in [6.45, 7) is 15.0. The average molecular weight is 293 g/mol. The topological polar surface area (TPSA) is 18.5 Å². The summed E-state index contributed by atoms with van der Waals surface area (Å²) in [5, 5.41) is 3.92. The molecular weight excluding hydrogens is 258 g/mol. The van der Waals surface area contributed by atoms with Crippen molar-refractivity contribution >= 4 is 0 Å². The lowest BCUT2D eigenvalue weighted by atomic mass is 9.69. The smallest absolute Gasteiger partial charge is 0.0129 e. The van der Waals surface area contributed by atoms with Gasteiger partial charge in [-0.2, -0.15) is 0 Å². The van der Waals surface area contributed by atoms with Gasteiger partial charge in [0.25, 0.3) is 0 Å². The van der Waals surface area contributed by atoms with Crippen LogP contribution in [-0.2, 0) is 0 Å². The van der Waals surface area contributed by atoms with Gasteiger partial charge >= 0.3 is 0 Å². The molecule has 3 rings (SSSR count). The zero-order valence-corrected chi connectivity index (χ0v) is 14.6. The molecule has 0 aromatic carbocycles. The second-order valence-corrected chi connectivity index (χ2v) is 8.62. The third-order valence-corrected chi connectivity index (χ3v) is 7.43. The highest BCUT2D eigenvalue weighted by atomic mass is 15.2. The van der Waals surface area contributed by atoms with Gasteiger partial charge in [0, 0.05) is 32.2 Å². The van der Waals surface area contributed by atoms with E-state index in [9.17, 15) is 0 Å². The van der Waals surface area contributed by atoms with E-state index in [1.807, 2.05) is 0 Å². The predicted octanol–water partition coefficient (Wildman–Crippen LogP) is 2.43. The van der Waals surface area contributed by atoms with Crippen molar-refractivity contribution in [3.05, 3.63) is 0 Å². The van der Waals surface area contributed by atoms with Crippen molar-refractivity contribution in [1.82, 2.24) is 15.1 Å². The van der Waals surface area contributed by atoms with E-state index in [0.29, 0.717) is 10.8 Å². The Morgan fingerprint density at radius 2 is 1.81 bits per heavy atom. The van der Waals surface area contributed by atoms with Crippen LogP contribution in [0.5, 0.6) is 0 Å². The van der Waals surface area contributed by atoms with Crippen LogP contribution in [0.3, 0.4) is 0 Å². The monoisotopic (exact) mass is 293 g/mol. The summed E-state index contributed by atoms with van der Waals surface area (Å²) in [5.74, 6) is 0.956. The summed E-state index contributed by atoms with van der Waals surface area (Å²) in [6, 6.07) is 0.763. The van der Waals surface area contributed by atoms with Gasteiger partial charge in [0.2, 0.25) is 0 Å². The maximum absolute atomic E-state index is 3.92. The fourth-order valence-electron chi connectivity index (χ4n) is 5.16. The summed E-state index contributed by atoms with van der Waals surface area (Å²) in [6.07, 6.45) is 5.61. The van der Waals surface area contributed by atoms with E-state index in [1.165, 1.54) is 65.0 Å². The summed E-state index contributed by atoms with van der Waals surface area (Å²) < 4.78 is 0. The van der Waals surface area contributed by atoms with Gasteiger partial charge in [0.15, 0.2) is 0 Å². The van der Waals surface area contributed by atoms with Crippen molar-refractivity contribution in [1.29, 1.82) is 0 Å². The van der Waals surface area contributed by atoms with E-state index in [2.05, 4.69) is 42.9 Å². The van der Waals surface area contributed by atoms with Crippen LogP contribution in [0.2, 0.25) is 0 Å². The summed E-state index contributed by atoms with van der Waals surface area (Å²) in [7, 11) is 2.23. The molecule has 0 aromatic rings. The van der Waals surface area contributed by atoms with E-state index < -0.39 is 0 Å². The maximum Gasteiger partial charge on any atom is 0.0129 e. The zero-order chi connectivity index (χ0) is 15.1. The predicted molar refractivity (Wildman–Crippen MR) is 89.6 cm³/mol. The van der Waals surface area contributed by atoms with Crippen molar-refractivity contribution in [3.8, 4) is 0 Å². The van der Waals surface area contributed by atoms with Crippen molar-refractivity contribution in [2.75, 3.05) is 46.3 Å². The van der Waals surface area contributed by atoms with E-state index in [1.54, 1.807) is 0 Å². The van der Waals surface area contributed by atoms with Crippen LogP contribution in [0.1, 0.15) is 46.5 Å². The van der Waals surface area contributed by atoms with Crippen LogP contribution in [-0.4, -0.2) is 62.2 Å². The number of nitrogens with one attached hydrogen (secondary N) is 1. The zero-order valence-electron chi connectivity index (χ0n) is 14.6. The number of hydrogen-bond donors (Lipinski definition) is 1. The largest absolute Gasteiger partial charge is 0.313 e. The van der Waals surface area contributed by atoms with Crippen LogP contribution in [0, 0.1) is 16.7 Å². The lowest BCUT2D eigenvalue weighted by molar-refractivity contribution is 0.119. The normalized spacial score (nSPS) is 40.0. The van der Waals surface area contributed by atoms with Crippen molar-refractivity contribution in [2.45, 2.75) is 52.5 Å². The highest BCUT2D eigenvalue weighted by molar-refractivity contribution is 5.12. The van der Waals surface area contributed by atoms with Gasteiger partial charge in [-0.05, 0) is 62.6 Å². The Kier molecular flexibility index (Phi) is 4.37. The number of hydrogen-bond acceptors (Lipinski definition) is 3. The Labute approximate surface area is 131 Å². The highest BCUT2D eigenvalue weighted by Crippen LogP contribution is 2.65. The fourth-order valence-corrected chi connectivity index (χ4v) is 5.16. The van der Waals surface area contributed by atoms with Gasteiger partial charge < -0.3 is 15.1 Å². The summed E-state index contributed by atoms with van der Waals surface area (Å²) in [5.41, 5.74) is 1.08. The molecule has 3 heteroatoms. The summed E-state index contributed by atoms with van der Waals surface area (Å²) >= 11 is 0. The number of nitrogens with zero attached hydrogens (tertiary/aromatic N) is 2. The van der Waals surface area contributed by atoms with E-state index in [-0.39, 0.29) is 0 Å². The Bertz CT molecular complexity index is 359. The Balaban J connectivity index is 1.39. The van der Waals surface area contributed by atoms with Crippen LogP contribution < -0.4 is 5.32 Å². The molecule has 2 aliphatic carbocycles. The molecule has 2 bridgehead atoms. The lowest BCUT2D eigenvalue weighted by Crippen LogP contribution is -2.47. The first-order valence-electron chi connectivity index (χ1n) is 9.08. The molecule has 21 heavy (non-hydrogen) atoms. The molecular formula is C18H35N3. The minimum absolute atomic E-state index is 0.533. The van der Waals surface area contributed by atoms with Gasteiger partial charge in [-0.3, -0.25) is 0 Å². The van der Waals surface area contributed by atoms with Gasteiger partial charge in [-0.1, -0.05) is 20.8 Å². The van der Waals surface area contributed by atoms with E-state index >= 15 is 0 Å². The first-order valence-corrected chi connectivity index (χ1v) is 9.08. The number of rotatable bonds is 5. The Morgan fingerprint density at radius 1 is 1.10 bits per heavy atom. The molecule has 0 aromatic heterocycles. The molecule has 1 heterocycles. The second kappa shape index (κ2) is 5.82. The molecule has 1 saturated heterocycles. The molecule has 1 N–H and O–H groups in total. The lowest BCUT2D eigenvalue weighted by Gasteiger charge is -2.40. The molecule has 1 aliphatic heterocycles. The molecule has 3 atom stereocenters. The standard InChI is InChI=1S/C18H35N3/c1-17(2)15-6-7-18(17,3)16(14-15)19-8-5-9-21-12-10-20(4)11-13-21/h15-16,19H,5-14H2,1-4H3. The van der Waals surface area contributed by atoms with Gasteiger partial charge in [0.1, 0.15) is 0 Å². The van der Waals surface area contributed by atoms with Crippen LogP contribution in [0.4, 0.5) is 0 Å². The first kappa shape index (κ1) is 15.8. The molecule has 3 nitrogen and oxygen atoms in total. The molecule has 3 aliphatic rings. The maximum atomic E-state index is 3.92.